The second-order valence-corrected chi connectivity index (χ2v) is 5.11. The number of amides is 2. The fourth-order valence-electron chi connectivity index (χ4n) is 2.28. The molecule has 5 heteroatoms. The van der Waals surface area contributed by atoms with Crippen LogP contribution in [0, 0.1) is 6.92 Å². The standard InChI is InChI=1S/C15H11ClN2O2/c1-8-2-4-10-11(6-8)15(20)18(14(10)19)13-5-3-9(17)7-12(13)16/h2-7H,17H2,1H3. The van der Waals surface area contributed by atoms with Crippen molar-refractivity contribution in [2.45, 2.75) is 6.92 Å². The summed E-state index contributed by atoms with van der Waals surface area (Å²) in [4.78, 5) is 25.9. The Kier molecular flexibility index (Phi) is 2.76. The maximum Gasteiger partial charge on any atom is 0.266 e. The van der Waals surface area contributed by atoms with Crippen molar-refractivity contribution in [2.75, 3.05) is 10.6 Å². The Hall–Kier alpha value is -2.33. The van der Waals surface area contributed by atoms with Crippen LogP contribution in [-0.4, -0.2) is 11.8 Å². The van der Waals surface area contributed by atoms with Crippen LogP contribution in [0.25, 0.3) is 0 Å². The van der Waals surface area contributed by atoms with Gasteiger partial charge in [-0.3, -0.25) is 9.59 Å². The van der Waals surface area contributed by atoms with Crippen LogP contribution >= 0.6 is 11.6 Å². The molecule has 0 saturated carbocycles. The minimum Gasteiger partial charge on any atom is -0.399 e. The van der Waals surface area contributed by atoms with E-state index in [2.05, 4.69) is 0 Å². The molecule has 0 atom stereocenters. The highest BCUT2D eigenvalue weighted by atomic mass is 35.5. The van der Waals surface area contributed by atoms with Crippen molar-refractivity contribution < 1.29 is 9.59 Å². The summed E-state index contributed by atoms with van der Waals surface area (Å²) in [6.07, 6.45) is 0. The van der Waals surface area contributed by atoms with Crippen LogP contribution in [0.2, 0.25) is 5.02 Å². The molecule has 100 valence electrons. The first-order valence-corrected chi connectivity index (χ1v) is 6.41. The quantitative estimate of drug-likeness (QED) is 0.647. The highest BCUT2D eigenvalue weighted by molar-refractivity contribution is 6.40. The van der Waals surface area contributed by atoms with Crippen molar-refractivity contribution in [3.8, 4) is 0 Å². The number of aryl methyl sites for hydroxylation is 1. The number of anilines is 2. The lowest BCUT2D eigenvalue weighted by Gasteiger charge is -2.15. The predicted molar refractivity (Wildman–Crippen MR) is 78.2 cm³/mol. The third-order valence-corrected chi connectivity index (χ3v) is 3.56. The Balaban J connectivity index is 2.14. The van der Waals surface area contributed by atoms with Crippen LogP contribution in [0.4, 0.5) is 11.4 Å². The molecule has 0 fully saturated rings. The molecule has 1 aliphatic rings. The number of carbonyl (C=O) groups excluding carboxylic acids is 2. The number of hydrogen-bond acceptors (Lipinski definition) is 3. The Morgan fingerprint density at radius 1 is 1.00 bits per heavy atom. The average Bonchev–Trinajstić information content (AvgIpc) is 2.63. The fraction of sp³-hybridized carbons (Fsp3) is 0.0667. The van der Waals surface area contributed by atoms with Crippen LogP contribution < -0.4 is 10.6 Å². The van der Waals surface area contributed by atoms with Crippen LogP contribution in [-0.2, 0) is 0 Å². The number of fused-ring (bicyclic) bond motifs is 1. The van der Waals surface area contributed by atoms with Gasteiger partial charge >= 0.3 is 0 Å². The number of nitrogens with two attached hydrogens (primary N) is 1. The molecular formula is C15H11ClN2O2. The van der Waals surface area contributed by atoms with Crippen molar-refractivity contribution in [3.63, 3.8) is 0 Å². The van der Waals surface area contributed by atoms with Gasteiger partial charge in [-0.2, -0.15) is 0 Å². The van der Waals surface area contributed by atoms with Gasteiger partial charge < -0.3 is 5.73 Å². The fourth-order valence-corrected chi connectivity index (χ4v) is 2.55. The first-order valence-electron chi connectivity index (χ1n) is 6.03. The molecule has 1 heterocycles. The second kappa shape index (κ2) is 4.35. The topological polar surface area (TPSA) is 63.4 Å². The molecule has 2 aromatic rings. The molecule has 4 nitrogen and oxygen atoms in total. The van der Waals surface area contributed by atoms with E-state index in [1.54, 1.807) is 30.3 Å². The van der Waals surface area contributed by atoms with Gasteiger partial charge in [0.2, 0.25) is 0 Å². The van der Waals surface area contributed by atoms with Gasteiger partial charge in [0.05, 0.1) is 21.8 Å². The lowest BCUT2D eigenvalue weighted by atomic mass is 10.1. The maximum absolute atomic E-state index is 12.4. The van der Waals surface area contributed by atoms with E-state index < -0.39 is 0 Å². The smallest absolute Gasteiger partial charge is 0.266 e. The van der Waals surface area contributed by atoms with E-state index in [-0.39, 0.29) is 16.8 Å². The number of hydrogen-bond donors (Lipinski definition) is 1. The summed E-state index contributed by atoms with van der Waals surface area (Å²) >= 11 is 6.09. The molecule has 0 aliphatic carbocycles. The van der Waals surface area contributed by atoms with Gasteiger partial charge in [0, 0.05) is 5.69 Å². The highest BCUT2D eigenvalue weighted by Crippen LogP contribution is 2.34. The lowest BCUT2D eigenvalue weighted by Crippen LogP contribution is -2.29. The third kappa shape index (κ3) is 1.77. The first-order chi connectivity index (χ1) is 9.49. The van der Waals surface area contributed by atoms with Crippen LogP contribution in [0.3, 0.4) is 0 Å². The molecule has 0 unspecified atom stereocenters. The zero-order valence-corrected chi connectivity index (χ0v) is 11.4. The van der Waals surface area contributed by atoms with Gasteiger partial charge in [-0.05, 0) is 37.3 Å². The Morgan fingerprint density at radius 3 is 2.40 bits per heavy atom. The largest absolute Gasteiger partial charge is 0.399 e. The summed E-state index contributed by atoms with van der Waals surface area (Å²) in [6.45, 7) is 1.87. The van der Waals surface area contributed by atoms with Crippen LogP contribution in [0.15, 0.2) is 36.4 Å². The van der Waals surface area contributed by atoms with Gasteiger partial charge in [-0.25, -0.2) is 4.90 Å². The minimum atomic E-state index is -0.364. The predicted octanol–water partition coefficient (Wildman–Crippen LogP) is 3.03. The first kappa shape index (κ1) is 12.7. The highest BCUT2D eigenvalue weighted by Gasteiger charge is 2.37. The molecule has 0 saturated heterocycles. The van der Waals surface area contributed by atoms with Gasteiger partial charge in [-0.1, -0.05) is 23.2 Å². The summed E-state index contributed by atoms with van der Waals surface area (Å²) in [5.41, 5.74) is 8.18. The van der Waals surface area contributed by atoms with Crippen molar-refractivity contribution >= 4 is 34.8 Å². The number of nitrogens with zero attached hydrogens (tertiary/aromatic N) is 1. The summed E-state index contributed by atoms with van der Waals surface area (Å²) in [6, 6.07) is 9.88. The molecule has 0 bridgehead atoms. The van der Waals surface area contributed by atoms with Crippen molar-refractivity contribution in [1.82, 2.24) is 0 Å². The van der Waals surface area contributed by atoms with E-state index in [4.69, 9.17) is 17.3 Å². The van der Waals surface area contributed by atoms with E-state index in [1.807, 2.05) is 6.92 Å². The summed E-state index contributed by atoms with van der Waals surface area (Å²) in [7, 11) is 0. The Bertz CT molecular complexity index is 756. The number of benzene rings is 2. The van der Waals surface area contributed by atoms with E-state index in [1.165, 1.54) is 6.07 Å². The van der Waals surface area contributed by atoms with E-state index in [0.29, 0.717) is 22.5 Å². The van der Waals surface area contributed by atoms with Crippen molar-refractivity contribution in [1.29, 1.82) is 0 Å². The molecule has 3 rings (SSSR count). The molecule has 0 aromatic heterocycles. The van der Waals surface area contributed by atoms with E-state index in [0.717, 1.165) is 10.5 Å². The average molecular weight is 287 g/mol. The summed E-state index contributed by atoms with van der Waals surface area (Å²) in [5, 5.41) is 0.274. The van der Waals surface area contributed by atoms with Crippen LogP contribution in [0.1, 0.15) is 26.3 Å². The van der Waals surface area contributed by atoms with Crippen molar-refractivity contribution in [2.24, 2.45) is 0 Å². The van der Waals surface area contributed by atoms with Crippen LogP contribution in [0.5, 0.6) is 0 Å². The molecule has 2 amide bonds. The molecule has 2 N–H and O–H groups in total. The minimum absolute atomic E-state index is 0.274. The number of nitrogen functional groups attached to an aromatic ring is 1. The van der Waals surface area contributed by atoms with Gasteiger partial charge in [0.1, 0.15) is 0 Å². The molecular weight excluding hydrogens is 276 g/mol. The second-order valence-electron chi connectivity index (χ2n) is 4.71. The zero-order chi connectivity index (χ0) is 14.4. The van der Waals surface area contributed by atoms with Gasteiger partial charge in [0.25, 0.3) is 11.8 Å². The van der Waals surface area contributed by atoms with Gasteiger partial charge in [-0.15, -0.1) is 0 Å². The molecule has 1 aliphatic heterocycles. The SMILES string of the molecule is Cc1ccc2c(c1)C(=O)N(c1ccc(N)cc1Cl)C2=O. The summed E-state index contributed by atoms with van der Waals surface area (Å²) < 4.78 is 0. The third-order valence-electron chi connectivity index (χ3n) is 3.25. The van der Waals surface area contributed by atoms with E-state index >= 15 is 0 Å². The normalized spacial score (nSPS) is 13.8. The van der Waals surface area contributed by atoms with Gasteiger partial charge in [0.15, 0.2) is 0 Å². The number of halogens is 1. The molecule has 0 spiro atoms. The Morgan fingerprint density at radius 2 is 1.70 bits per heavy atom. The number of carbonyl (C=O) groups is 2. The lowest BCUT2D eigenvalue weighted by molar-refractivity contribution is 0.0926. The molecule has 0 radical (unpaired) electrons. The molecule has 2 aromatic carbocycles. The summed E-state index contributed by atoms with van der Waals surface area (Å²) in [5.74, 6) is -0.725. The van der Waals surface area contributed by atoms with E-state index in [9.17, 15) is 9.59 Å². The maximum atomic E-state index is 12.4. The number of imide groups is 1. The molecule has 20 heavy (non-hydrogen) atoms. The Labute approximate surface area is 120 Å². The number of rotatable bonds is 1. The monoisotopic (exact) mass is 286 g/mol. The van der Waals surface area contributed by atoms with Crippen molar-refractivity contribution in [3.05, 3.63) is 58.1 Å². The zero-order valence-electron chi connectivity index (χ0n) is 10.7.